The standard InChI is InChI=1S/C23H25Cl2FN4O2/c1-15(23(31)27-6-7-29-8-10-32-11-9-29)30-21-14-19(25)18(24)13-20(21)28-22(30)12-16-2-4-17(26)5-3-16/h2-5,13-15H,6-12H2,1H3,(H,27,31). The van der Waals surface area contributed by atoms with Crippen molar-refractivity contribution in [1.29, 1.82) is 0 Å². The number of aromatic nitrogens is 2. The highest BCUT2D eigenvalue weighted by molar-refractivity contribution is 6.42. The maximum Gasteiger partial charge on any atom is 0.242 e. The molecule has 6 nitrogen and oxygen atoms in total. The number of carbonyl (C=O) groups is 1. The number of rotatable bonds is 7. The molecule has 9 heteroatoms. The van der Waals surface area contributed by atoms with E-state index in [1.54, 1.807) is 24.3 Å². The lowest BCUT2D eigenvalue weighted by molar-refractivity contribution is -0.123. The van der Waals surface area contributed by atoms with Crippen LogP contribution in [-0.4, -0.2) is 59.8 Å². The minimum atomic E-state index is -0.516. The smallest absolute Gasteiger partial charge is 0.242 e. The van der Waals surface area contributed by atoms with Gasteiger partial charge in [-0.15, -0.1) is 0 Å². The van der Waals surface area contributed by atoms with E-state index < -0.39 is 6.04 Å². The number of amides is 1. The molecule has 2 heterocycles. The van der Waals surface area contributed by atoms with E-state index in [1.165, 1.54) is 12.1 Å². The molecule has 4 rings (SSSR count). The van der Waals surface area contributed by atoms with Crippen LogP contribution in [0.2, 0.25) is 10.0 Å². The normalized spacial score (nSPS) is 15.8. The number of hydrogen-bond acceptors (Lipinski definition) is 4. The topological polar surface area (TPSA) is 59.4 Å². The molecule has 2 aromatic carbocycles. The molecule has 0 aliphatic carbocycles. The molecule has 3 aromatic rings. The van der Waals surface area contributed by atoms with Crippen LogP contribution < -0.4 is 5.32 Å². The molecule has 170 valence electrons. The highest BCUT2D eigenvalue weighted by Gasteiger charge is 2.23. The maximum atomic E-state index is 13.3. The van der Waals surface area contributed by atoms with Crippen molar-refractivity contribution in [1.82, 2.24) is 19.8 Å². The van der Waals surface area contributed by atoms with E-state index in [2.05, 4.69) is 10.2 Å². The zero-order chi connectivity index (χ0) is 22.7. The Morgan fingerprint density at radius 2 is 1.88 bits per heavy atom. The van der Waals surface area contributed by atoms with Gasteiger partial charge in [-0.25, -0.2) is 9.37 Å². The molecule has 0 radical (unpaired) electrons. The summed E-state index contributed by atoms with van der Waals surface area (Å²) in [5, 5.41) is 3.83. The Balaban J connectivity index is 1.57. The van der Waals surface area contributed by atoms with Crippen molar-refractivity contribution in [2.75, 3.05) is 39.4 Å². The molecule has 32 heavy (non-hydrogen) atoms. The molecule has 1 aromatic heterocycles. The van der Waals surface area contributed by atoms with Gasteiger partial charge in [0, 0.05) is 32.6 Å². The van der Waals surface area contributed by atoms with E-state index in [9.17, 15) is 9.18 Å². The third kappa shape index (κ3) is 5.23. The third-order valence-electron chi connectivity index (χ3n) is 5.68. The summed E-state index contributed by atoms with van der Waals surface area (Å²) in [5.74, 6) is 0.276. The molecule has 0 bridgehead atoms. The van der Waals surface area contributed by atoms with Gasteiger partial charge in [0.1, 0.15) is 17.7 Å². The van der Waals surface area contributed by atoms with Crippen LogP contribution >= 0.6 is 23.2 Å². The predicted octanol–water partition coefficient (Wildman–Crippen LogP) is 4.08. The molecule has 0 spiro atoms. The Labute approximate surface area is 196 Å². The van der Waals surface area contributed by atoms with E-state index in [4.69, 9.17) is 32.9 Å². The summed E-state index contributed by atoms with van der Waals surface area (Å²) < 4.78 is 20.6. The summed E-state index contributed by atoms with van der Waals surface area (Å²) >= 11 is 12.5. The number of ether oxygens (including phenoxy) is 1. The zero-order valence-corrected chi connectivity index (χ0v) is 19.3. The summed E-state index contributed by atoms with van der Waals surface area (Å²) in [6.45, 7) is 6.36. The van der Waals surface area contributed by atoms with E-state index >= 15 is 0 Å². The third-order valence-corrected chi connectivity index (χ3v) is 6.40. The average molecular weight is 479 g/mol. The summed E-state index contributed by atoms with van der Waals surface area (Å²) in [6.07, 6.45) is 0.440. The van der Waals surface area contributed by atoms with Gasteiger partial charge in [0.15, 0.2) is 0 Å². The first-order chi connectivity index (χ1) is 15.4. The van der Waals surface area contributed by atoms with Gasteiger partial charge in [0.25, 0.3) is 0 Å². The average Bonchev–Trinajstić information content (AvgIpc) is 3.12. The Morgan fingerprint density at radius 1 is 1.19 bits per heavy atom. The molecule has 1 unspecified atom stereocenters. The van der Waals surface area contributed by atoms with E-state index in [0.29, 0.717) is 34.4 Å². The number of benzene rings is 2. The SMILES string of the molecule is CC(C(=O)NCCN1CCOCC1)n1c(Cc2ccc(F)cc2)nc2cc(Cl)c(Cl)cc21. The minimum Gasteiger partial charge on any atom is -0.379 e. The fourth-order valence-electron chi connectivity index (χ4n) is 3.91. The van der Waals surface area contributed by atoms with E-state index in [-0.39, 0.29) is 11.7 Å². The Hall–Kier alpha value is -2.19. The van der Waals surface area contributed by atoms with Crippen LogP contribution in [0.15, 0.2) is 36.4 Å². The second-order valence-electron chi connectivity index (χ2n) is 7.88. The predicted molar refractivity (Wildman–Crippen MR) is 124 cm³/mol. The molecule has 1 N–H and O–H groups in total. The van der Waals surface area contributed by atoms with Crippen molar-refractivity contribution < 1.29 is 13.9 Å². The van der Waals surface area contributed by atoms with Crippen molar-refractivity contribution in [3.05, 3.63) is 63.6 Å². The second kappa shape index (κ2) is 10.2. The Kier molecular flexibility index (Phi) is 7.30. The number of morpholine rings is 1. The van der Waals surface area contributed by atoms with Crippen LogP contribution in [0.3, 0.4) is 0 Å². The maximum absolute atomic E-state index is 13.3. The number of hydrogen-bond donors (Lipinski definition) is 1. The quantitative estimate of drug-likeness (QED) is 0.555. The van der Waals surface area contributed by atoms with Crippen LogP contribution in [-0.2, 0) is 16.0 Å². The van der Waals surface area contributed by atoms with Crippen molar-refractivity contribution in [3.8, 4) is 0 Å². The van der Waals surface area contributed by atoms with Crippen molar-refractivity contribution >= 4 is 40.1 Å². The summed E-state index contributed by atoms with van der Waals surface area (Å²) in [6, 6.07) is 9.18. The summed E-state index contributed by atoms with van der Waals surface area (Å²) in [4.78, 5) is 20.0. The number of imidazole rings is 1. The number of halogens is 3. The number of fused-ring (bicyclic) bond motifs is 1. The lowest BCUT2D eigenvalue weighted by Crippen LogP contribution is -2.42. The van der Waals surface area contributed by atoms with Crippen molar-refractivity contribution in [3.63, 3.8) is 0 Å². The van der Waals surface area contributed by atoms with Gasteiger partial charge in [-0.1, -0.05) is 35.3 Å². The number of carbonyl (C=O) groups excluding carboxylic acids is 1. The van der Waals surface area contributed by atoms with Crippen LogP contribution in [0, 0.1) is 5.82 Å². The molecule has 1 aliphatic heterocycles. The van der Waals surface area contributed by atoms with Crippen LogP contribution in [0.1, 0.15) is 24.4 Å². The fraction of sp³-hybridized carbons (Fsp3) is 0.391. The molecule has 1 aliphatic rings. The summed E-state index contributed by atoms with van der Waals surface area (Å²) in [5.41, 5.74) is 2.27. The fourth-order valence-corrected chi connectivity index (χ4v) is 4.22. The molecular weight excluding hydrogens is 454 g/mol. The van der Waals surface area contributed by atoms with Crippen molar-refractivity contribution in [2.24, 2.45) is 0 Å². The summed E-state index contributed by atoms with van der Waals surface area (Å²) in [7, 11) is 0. The van der Waals surface area contributed by atoms with Gasteiger partial charge >= 0.3 is 0 Å². The lowest BCUT2D eigenvalue weighted by atomic mass is 10.1. The number of nitrogens with one attached hydrogen (secondary N) is 1. The van der Waals surface area contributed by atoms with Gasteiger partial charge in [0.05, 0.1) is 34.3 Å². The van der Waals surface area contributed by atoms with Gasteiger partial charge in [-0.3, -0.25) is 9.69 Å². The Morgan fingerprint density at radius 3 is 2.59 bits per heavy atom. The minimum absolute atomic E-state index is 0.107. The number of nitrogens with zero attached hydrogens (tertiary/aromatic N) is 3. The monoisotopic (exact) mass is 478 g/mol. The first-order valence-corrected chi connectivity index (χ1v) is 11.4. The lowest BCUT2D eigenvalue weighted by Gasteiger charge is -2.26. The van der Waals surface area contributed by atoms with Gasteiger partial charge in [-0.05, 0) is 36.8 Å². The van der Waals surface area contributed by atoms with Gasteiger partial charge < -0.3 is 14.6 Å². The van der Waals surface area contributed by atoms with Gasteiger partial charge in [0.2, 0.25) is 5.91 Å². The zero-order valence-electron chi connectivity index (χ0n) is 17.8. The molecule has 0 saturated carbocycles. The first kappa shape index (κ1) is 23.0. The first-order valence-electron chi connectivity index (χ1n) is 10.6. The van der Waals surface area contributed by atoms with Crippen LogP contribution in [0.25, 0.3) is 11.0 Å². The Bertz CT molecular complexity index is 1100. The molecule has 1 fully saturated rings. The molecule has 1 atom stereocenters. The molecule has 1 amide bonds. The van der Waals surface area contributed by atoms with E-state index in [0.717, 1.165) is 43.9 Å². The van der Waals surface area contributed by atoms with Crippen LogP contribution in [0.4, 0.5) is 4.39 Å². The molecular formula is C23H25Cl2FN4O2. The highest BCUT2D eigenvalue weighted by Crippen LogP contribution is 2.31. The van der Waals surface area contributed by atoms with Crippen LogP contribution in [0.5, 0.6) is 0 Å². The second-order valence-corrected chi connectivity index (χ2v) is 8.69. The molecule has 1 saturated heterocycles. The van der Waals surface area contributed by atoms with Crippen molar-refractivity contribution in [2.45, 2.75) is 19.4 Å². The highest BCUT2D eigenvalue weighted by atomic mass is 35.5. The largest absolute Gasteiger partial charge is 0.379 e. The van der Waals surface area contributed by atoms with E-state index in [1.807, 2.05) is 11.5 Å². The van der Waals surface area contributed by atoms with Gasteiger partial charge in [-0.2, -0.15) is 0 Å².